The van der Waals surface area contributed by atoms with Crippen molar-refractivity contribution in [2.24, 2.45) is 23.5 Å². The maximum absolute atomic E-state index is 10.9. The molecule has 0 aromatic heterocycles. The molecule has 0 aliphatic heterocycles. The third-order valence-corrected chi connectivity index (χ3v) is 3.22. The molecule has 16 heavy (non-hydrogen) atoms. The van der Waals surface area contributed by atoms with E-state index in [0.717, 1.165) is 25.2 Å². The van der Waals surface area contributed by atoms with E-state index >= 15 is 0 Å². The van der Waals surface area contributed by atoms with Gasteiger partial charge in [0, 0.05) is 6.54 Å². The van der Waals surface area contributed by atoms with Crippen LogP contribution in [0.4, 0.5) is 0 Å². The molecule has 0 aliphatic carbocycles. The fourth-order valence-corrected chi connectivity index (χ4v) is 2.00. The van der Waals surface area contributed by atoms with Crippen LogP contribution >= 0.6 is 0 Å². The Morgan fingerprint density at radius 1 is 1.31 bits per heavy atom. The Hall–Kier alpha value is -0.570. The molecule has 0 saturated carbocycles. The van der Waals surface area contributed by atoms with Crippen molar-refractivity contribution < 1.29 is 9.90 Å². The summed E-state index contributed by atoms with van der Waals surface area (Å²) in [5.41, 5.74) is 5.47. The van der Waals surface area contributed by atoms with E-state index in [1.165, 1.54) is 12.8 Å². The van der Waals surface area contributed by atoms with Crippen LogP contribution in [0.1, 0.15) is 52.9 Å². The molecule has 0 aromatic carbocycles. The zero-order valence-electron chi connectivity index (χ0n) is 10.9. The molecule has 0 radical (unpaired) electrons. The summed E-state index contributed by atoms with van der Waals surface area (Å²) >= 11 is 0. The lowest BCUT2D eigenvalue weighted by Crippen LogP contribution is -2.25. The van der Waals surface area contributed by atoms with Crippen LogP contribution in [0, 0.1) is 17.8 Å². The maximum Gasteiger partial charge on any atom is 0.307 e. The Labute approximate surface area is 99.4 Å². The highest BCUT2D eigenvalue weighted by Crippen LogP contribution is 2.22. The number of hydrogen-bond acceptors (Lipinski definition) is 2. The third-order valence-electron chi connectivity index (χ3n) is 3.22. The van der Waals surface area contributed by atoms with Crippen LogP contribution in [0.25, 0.3) is 0 Å². The number of rotatable bonds is 9. The van der Waals surface area contributed by atoms with Gasteiger partial charge in [-0.2, -0.15) is 0 Å². The van der Waals surface area contributed by atoms with Crippen molar-refractivity contribution in [1.29, 1.82) is 0 Å². The van der Waals surface area contributed by atoms with Crippen LogP contribution in [-0.2, 0) is 4.79 Å². The van der Waals surface area contributed by atoms with Crippen LogP contribution in [0.5, 0.6) is 0 Å². The first-order valence-electron chi connectivity index (χ1n) is 6.44. The topological polar surface area (TPSA) is 63.3 Å². The quantitative estimate of drug-likeness (QED) is 0.639. The van der Waals surface area contributed by atoms with Gasteiger partial charge in [0.05, 0.1) is 5.92 Å². The van der Waals surface area contributed by atoms with E-state index < -0.39 is 5.97 Å². The zero-order chi connectivity index (χ0) is 12.6. The molecule has 0 bridgehead atoms. The number of carboxylic acids is 1. The van der Waals surface area contributed by atoms with E-state index in [1.54, 1.807) is 0 Å². The monoisotopic (exact) mass is 229 g/mol. The normalized spacial score (nSPS) is 15.1. The van der Waals surface area contributed by atoms with Crippen molar-refractivity contribution in [3.63, 3.8) is 0 Å². The fourth-order valence-electron chi connectivity index (χ4n) is 2.00. The molecule has 2 unspecified atom stereocenters. The lowest BCUT2D eigenvalue weighted by molar-refractivity contribution is -0.142. The molecule has 0 aromatic rings. The molecule has 0 spiro atoms. The molecule has 0 aliphatic rings. The molecule has 0 saturated heterocycles. The van der Waals surface area contributed by atoms with E-state index in [0.29, 0.717) is 5.92 Å². The molecule has 3 heteroatoms. The highest BCUT2D eigenvalue weighted by atomic mass is 16.4. The molecule has 2 atom stereocenters. The Morgan fingerprint density at radius 3 is 2.31 bits per heavy atom. The zero-order valence-corrected chi connectivity index (χ0v) is 10.9. The standard InChI is InChI=1S/C13H27NO2/c1-4-11(7-5-6-10(2)3)8-12(9-14)13(15)16/h10-12H,4-9,14H2,1-3H3,(H,15,16). The van der Waals surface area contributed by atoms with Crippen molar-refractivity contribution in [2.75, 3.05) is 6.54 Å². The minimum absolute atomic E-state index is 0.260. The lowest BCUT2D eigenvalue weighted by Gasteiger charge is -2.19. The summed E-state index contributed by atoms with van der Waals surface area (Å²) in [5, 5.41) is 8.95. The molecule has 0 amide bonds. The van der Waals surface area contributed by atoms with Crippen molar-refractivity contribution in [3.8, 4) is 0 Å². The van der Waals surface area contributed by atoms with Gasteiger partial charge < -0.3 is 10.8 Å². The summed E-state index contributed by atoms with van der Waals surface area (Å²) < 4.78 is 0. The third kappa shape index (κ3) is 6.83. The van der Waals surface area contributed by atoms with Crippen LogP contribution in [0.2, 0.25) is 0 Å². The van der Waals surface area contributed by atoms with Gasteiger partial charge in [-0.3, -0.25) is 4.79 Å². The summed E-state index contributed by atoms with van der Waals surface area (Å²) in [5.74, 6) is 0.152. The molecule has 0 rings (SSSR count). The van der Waals surface area contributed by atoms with Gasteiger partial charge in [0.1, 0.15) is 0 Å². The van der Waals surface area contributed by atoms with E-state index in [1.807, 2.05) is 0 Å². The first-order valence-corrected chi connectivity index (χ1v) is 6.44. The second-order valence-corrected chi connectivity index (χ2v) is 5.11. The molecule has 0 fully saturated rings. The van der Waals surface area contributed by atoms with Gasteiger partial charge in [0.2, 0.25) is 0 Å². The summed E-state index contributed by atoms with van der Waals surface area (Å²) in [6.45, 7) is 6.84. The van der Waals surface area contributed by atoms with Crippen molar-refractivity contribution in [1.82, 2.24) is 0 Å². The first-order chi connectivity index (χ1) is 7.51. The van der Waals surface area contributed by atoms with Gasteiger partial charge in [0.25, 0.3) is 0 Å². The highest BCUT2D eigenvalue weighted by molar-refractivity contribution is 5.70. The van der Waals surface area contributed by atoms with E-state index in [4.69, 9.17) is 10.8 Å². The molecule has 96 valence electrons. The van der Waals surface area contributed by atoms with Crippen LogP contribution in [-0.4, -0.2) is 17.6 Å². The average Bonchev–Trinajstić information content (AvgIpc) is 2.22. The van der Waals surface area contributed by atoms with Gasteiger partial charge in [-0.1, -0.05) is 46.5 Å². The largest absolute Gasteiger partial charge is 0.481 e. The van der Waals surface area contributed by atoms with Gasteiger partial charge in [-0.25, -0.2) is 0 Å². The maximum atomic E-state index is 10.9. The van der Waals surface area contributed by atoms with Crippen LogP contribution < -0.4 is 5.73 Å². The van der Waals surface area contributed by atoms with Gasteiger partial charge in [-0.05, 0) is 18.3 Å². The molecule has 3 nitrogen and oxygen atoms in total. The van der Waals surface area contributed by atoms with Crippen molar-refractivity contribution in [2.45, 2.75) is 52.9 Å². The number of hydrogen-bond donors (Lipinski definition) is 2. The summed E-state index contributed by atoms with van der Waals surface area (Å²) in [6, 6.07) is 0. The second kappa shape index (κ2) is 8.57. The highest BCUT2D eigenvalue weighted by Gasteiger charge is 2.19. The molecule has 3 N–H and O–H groups in total. The van der Waals surface area contributed by atoms with E-state index in [2.05, 4.69) is 20.8 Å². The summed E-state index contributed by atoms with van der Waals surface area (Å²) in [6.07, 6.45) is 5.37. The van der Waals surface area contributed by atoms with Gasteiger partial charge >= 0.3 is 5.97 Å². The Bertz CT molecular complexity index is 192. The lowest BCUT2D eigenvalue weighted by atomic mass is 9.88. The minimum Gasteiger partial charge on any atom is -0.481 e. The predicted molar refractivity (Wildman–Crippen MR) is 67.3 cm³/mol. The number of carbonyl (C=O) groups is 1. The first kappa shape index (κ1) is 15.4. The van der Waals surface area contributed by atoms with Crippen molar-refractivity contribution in [3.05, 3.63) is 0 Å². The van der Waals surface area contributed by atoms with Crippen LogP contribution in [0.3, 0.4) is 0 Å². The summed E-state index contributed by atoms with van der Waals surface area (Å²) in [4.78, 5) is 10.9. The fraction of sp³-hybridized carbons (Fsp3) is 0.923. The van der Waals surface area contributed by atoms with E-state index in [-0.39, 0.29) is 12.5 Å². The van der Waals surface area contributed by atoms with Gasteiger partial charge in [-0.15, -0.1) is 0 Å². The van der Waals surface area contributed by atoms with Gasteiger partial charge in [0.15, 0.2) is 0 Å². The summed E-state index contributed by atoms with van der Waals surface area (Å²) in [7, 11) is 0. The predicted octanol–water partition coefficient (Wildman–Crippen LogP) is 2.89. The number of aliphatic carboxylic acids is 1. The minimum atomic E-state index is -0.746. The van der Waals surface area contributed by atoms with Crippen LogP contribution in [0.15, 0.2) is 0 Å². The Balaban J connectivity index is 3.93. The number of nitrogens with two attached hydrogens (primary N) is 1. The molecular formula is C13H27NO2. The Morgan fingerprint density at radius 2 is 1.94 bits per heavy atom. The molecular weight excluding hydrogens is 202 g/mol. The smallest absolute Gasteiger partial charge is 0.307 e. The SMILES string of the molecule is CCC(CCCC(C)C)CC(CN)C(=O)O. The van der Waals surface area contributed by atoms with E-state index in [9.17, 15) is 4.79 Å². The molecule has 0 heterocycles. The average molecular weight is 229 g/mol. The Kier molecular flexibility index (Phi) is 8.26. The number of carboxylic acid groups (broad SMARTS) is 1. The second-order valence-electron chi connectivity index (χ2n) is 5.11. The van der Waals surface area contributed by atoms with Crippen molar-refractivity contribution >= 4 is 5.97 Å².